The van der Waals surface area contributed by atoms with Crippen molar-refractivity contribution in [2.45, 2.75) is 45.6 Å². The molecule has 2 aliphatic rings. The molecule has 0 aromatic rings. The maximum Gasteiger partial charge on any atom is 0.410 e. The Morgan fingerprint density at radius 1 is 1.29 bits per heavy atom. The number of hydrogen-bond donors (Lipinski definition) is 1. The zero-order valence-electron chi connectivity index (χ0n) is 13.1. The summed E-state index contributed by atoms with van der Waals surface area (Å²) in [6, 6.07) is 0. The molecule has 2 heterocycles. The summed E-state index contributed by atoms with van der Waals surface area (Å²) in [5.41, 5.74) is -1.41. The van der Waals surface area contributed by atoms with Crippen LogP contribution in [-0.2, 0) is 14.3 Å². The Labute approximate surface area is 125 Å². The van der Waals surface area contributed by atoms with Crippen molar-refractivity contribution in [3.63, 3.8) is 0 Å². The minimum absolute atomic E-state index is 0.0659. The van der Waals surface area contributed by atoms with Crippen molar-refractivity contribution in [2.75, 3.05) is 26.3 Å². The highest BCUT2D eigenvalue weighted by atomic mass is 16.6. The van der Waals surface area contributed by atoms with Gasteiger partial charge in [-0.25, -0.2) is 4.79 Å². The van der Waals surface area contributed by atoms with E-state index in [1.165, 1.54) is 4.90 Å². The number of aliphatic carboxylic acids is 1. The van der Waals surface area contributed by atoms with Crippen LogP contribution in [0.4, 0.5) is 4.79 Å². The van der Waals surface area contributed by atoms with Crippen molar-refractivity contribution in [1.82, 2.24) is 4.90 Å². The number of likely N-dealkylation sites (tertiary alicyclic amines) is 1. The van der Waals surface area contributed by atoms with Gasteiger partial charge in [0.2, 0.25) is 0 Å². The van der Waals surface area contributed by atoms with Crippen molar-refractivity contribution >= 4 is 12.1 Å². The Bertz CT molecular complexity index is 411. The molecule has 2 rings (SSSR count). The van der Waals surface area contributed by atoms with Gasteiger partial charge in [-0.15, -0.1) is 0 Å². The topological polar surface area (TPSA) is 76.1 Å². The Hall–Kier alpha value is -1.30. The first kappa shape index (κ1) is 16.1. The van der Waals surface area contributed by atoms with Crippen LogP contribution in [0.2, 0.25) is 0 Å². The molecule has 2 fully saturated rings. The molecule has 1 N–H and O–H groups in total. The second-order valence-electron chi connectivity index (χ2n) is 7.00. The predicted octanol–water partition coefficient (Wildman–Crippen LogP) is 2.12. The summed E-state index contributed by atoms with van der Waals surface area (Å²) in [7, 11) is 0. The van der Waals surface area contributed by atoms with Crippen molar-refractivity contribution in [3.05, 3.63) is 0 Å². The number of carbonyl (C=O) groups excluding carboxylic acids is 1. The van der Waals surface area contributed by atoms with Gasteiger partial charge in [0.15, 0.2) is 0 Å². The van der Waals surface area contributed by atoms with Gasteiger partial charge in [-0.1, -0.05) is 0 Å². The highest BCUT2D eigenvalue weighted by Gasteiger charge is 2.52. The maximum atomic E-state index is 12.1. The van der Waals surface area contributed by atoms with Gasteiger partial charge >= 0.3 is 12.1 Å². The van der Waals surface area contributed by atoms with Crippen molar-refractivity contribution in [2.24, 2.45) is 11.3 Å². The second kappa shape index (κ2) is 5.83. The first-order chi connectivity index (χ1) is 9.74. The Kier molecular flexibility index (Phi) is 4.46. The summed E-state index contributed by atoms with van der Waals surface area (Å²) < 4.78 is 10.7. The molecule has 1 amide bonds. The molecule has 120 valence electrons. The molecule has 0 spiro atoms. The fourth-order valence-electron chi connectivity index (χ4n) is 3.25. The summed E-state index contributed by atoms with van der Waals surface area (Å²) in [6.45, 7) is 7.32. The highest BCUT2D eigenvalue weighted by Crippen LogP contribution is 2.43. The lowest BCUT2D eigenvalue weighted by atomic mass is 9.71. The van der Waals surface area contributed by atoms with Crippen LogP contribution in [0.5, 0.6) is 0 Å². The van der Waals surface area contributed by atoms with Crippen LogP contribution in [-0.4, -0.2) is 54.0 Å². The summed E-state index contributed by atoms with van der Waals surface area (Å²) in [5, 5.41) is 9.73. The number of carboxylic acids is 1. The molecule has 6 heteroatoms. The van der Waals surface area contributed by atoms with Crippen LogP contribution in [0, 0.1) is 11.3 Å². The van der Waals surface area contributed by atoms with Gasteiger partial charge in [0, 0.05) is 26.3 Å². The number of ether oxygens (including phenoxy) is 2. The van der Waals surface area contributed by atoms with Crippen LogP contribution in [0.3, 0.4) is 0 Å². The molecular weight excluding hydrogens is 274 g/mol. The molecule has 0 bridgehead atoms. The zero-order chi connectivity index (χ0) is 15.7. The van der Waals surface area contributed by atoms with Gasteiger partial charge < -0.3 is 19.5 Å². The molecule has 1 unspecified atom stereocenters. The first-order valence-corrected chi connectivity index (χ1v) is 7.54. The lowest BCUT2D eigenvalue weighted by molar-refractivity contribution is -0.154. The van der Waals surface area contributed by atoms with E-state index >= 15 is 0 Å². The van der Waals surface area contributed by atoms with Crippen molar-refractivity contribution < 1.29 is 24.2 Å². The van der Waals surface area contributed by atoms with E-state index in [4.69, 9.17) is 9.47 Å². The summed E-state index contributed by atoms with van der Waals surface area (Å²) in [4.78, 5) is 25.5. The van der Waals surface area contributed by atoms with Gasteiger partial charge in [-0.2, -0.15) is 0 Å². The number of hydrogen-bond acceptors (Lipinski definition) is 4. The van der Waals surface area contributed by atoms with Gasteiger partial charge in [0.25, 0.3) is 0 Å². The van der Waals surface area contributed by atoms with Crippen molar-refractivity contribution in [3.8, 4) is 0 Å². The number of carboxylic acid groups (broad SMARTS) is 1. The minimum Gasteiger partial charge on any atom is -0.481 e. The molecule has 1 atom stereocenters. The molecule has 0 aromatic heterocycles. The quantitative estimate of drug-likeness (QED) is 0.845. The monoisotopic (exact) mass is 299 g/mol. The molecule has 0 saturated carbocycles. The van der Waals surface area contributed by atoms with Gasteiger partial charge in [-0.05, 0) is 46.0 Å². The Morgan fingerprint density at radius 3 is 2.43 bits per heavy atom. The molecule has 21 heavy (non-hydrogen) atoms. The molecule has 2 aliphatic heterocycles. The first-order valence-electron chi connectivity index (χ1n) is 7.54. The lowest BCUT2D eigenvalue weighted by Crippen LogP contribution is -2.45. The van der Waals surface area contributed by atoms with Crippen LogP contribution in [0.15, 0.2) is 0 Å². The summed E-state index contributed by atoms with van der Waals surface area (Å²) >= 11 is 0. The largest absolute Gasteiger partial charge is 0.481 e. The number of nitrogens with zero attached hydrogens (tertiary/aromatic N) is 1. The number of carbonyl (C=O) groups is 2. The third kappa shape index (κ3) is 3.48. The van der Waals surface area contributed by atoms with Gasteiger partial charge in [-0.3, -0.25) is 4.79 Å². The van der Waals surface area contributed by atoms with E-state index in [9.17, 15) is 14.7 Å². The minimum atomic E-state index is -0.847. The molecule has 2 saturated heterocycles. The van der Waals surface area contributed by atoms with E-state index < -0.39 is 23.1 Å². The fourth-order valence-corrected chi connectivity index (χ4v) is 3.25. The SMILES string of the molecule is CC(C)(C)OC(=O)N1CCC(C(=O)O)(C2CCOCC2)C1. The van der Waals surface area contributed by atoms with Crippen LogP contribution in [0.25, 0.3) is 0 Å². The molecule has 0 aromatic carbocycles. The Balaban J connectivity index is 2.08. The van der Waals surface area contributed by atoms with E-state index in [0.29, 0.717) is 26.2 Å². The van der Waals surface area contributed by atoms with E-state index in [1.54, 1.807) is 0 Å². The number of amides is 1. The predicted molar refractivity (Wildman–Crippen MR) is 76.0 cm³/mol. The number of rotatable bonds is 2. The Morgan fingerprint density at radius 2 is 1.90 bits per heavy atom. The normalized spacial score (nSPS) is 27.7. The maximum absolute atomic E-state index is 12.1. The average molecular weight is 299 g/mol. The standard InChI is InChI=1S/C15H25NO5/c1-14(2,3)21-13(19)16-7-6-15(10-16,12(17)18)11-4-8-20-9-5-11/h11H,4-10H2,1-3H3,(H,17,18). The highest BCUT2D eigenvalue weighted by molar-refractivity contribution is 5.78. The molecule has 0 aliphatic carbocycles. The van der Waals surface area contributed by atoms with Gasteiger partial charge in [0.1, 0.15) is 5.60 Å². The van der Waals surface area contributed by atoms with Gasteiger partial charge in [0.05, 0.1) is 5.41 Å². The summed E-state index contributed by atoms with van der Waals surface area (Å²) in [6.07, 6.45) is 1.56. The van der Waals surface area contributed by atoms with E-state index in [1.807, 2.05) is 20.8 Å². The third-order valence-corrected chi connectivity index (χ3v) is 4.38. The summed E-state index contributed by atoms with van der Waals surface area (Å²) in [5.74, 6) is -0.739. The van der Waals surface area contributed by atoms with Crippen LogP contribution < -0.4 is 0 Å². The third-order valence-electron chi connectivity index (χ3n) is 4.38. The second-order valence-corrected chi connectivity index (χ2v) is 7.00. The molecular formula is C15H25NO5. The lowest BCUT2D eigenvalue weighted by Gasteiger charge is -2.36. The van der Waals surface area contributed by atoms with Crippen LogP contribution >= 0.6 is 0 Å². The van der Waals surface area contributed by atoms with E-state index in [0.717, 1.165) is 12.8 Å². The fraction of sp³-hybridized carbons (Fsp3) is 0.867. The van der Waals surface area contributed by atoms with Crippen LogP contribution in [0.1, 0.15) is 40.0 Å². The van der Waals surface area contributed by atoms with E-state index in [2.05, 4.69) is 0 Å². The average Bonchev–Trinajstić information content (AvgIpc) is 2.84. The zero-order valence-corrected chi connectivity index (χ0v) is 13.1. The van der Waals surface area contributed by atoms with E-state index in [-0.39, 0.29) is 12.5 Å². The molecule has 6 nitrogen and oxygen atoms in total. The smallest absolute Gasteiger partial charge is 0.410 e. The molecule has 0 radical (unpaired) electrons. The van der Waals surface area contributed by atoms with Crippen molar-refractivity contribution in [1.29, 1.82) is 0 Å².